The molecule has 1 aliphatic heterocycles. The highest BCUT2D eigenvalue weighted by atomic mass is 32.2. The zero-order valence-corrected chi connectivity index (χ0v) is 13.9. The first kappa shape index (κ1) is 16.4. The van der Waals surface area contributed by atoms with E-state index < -0.39 is 16.1 Å². The van der Waals surface area contributed by atoms with Crippen molar-refractivity contribution < 1.29 is 17.9 Å². The highest BCUT2D eigenvalue weighted by molar-refractivity contribution is 7.89. The van der Waals surface area contributed by atoms with Crippen LogP contribution < -0.4 is 4.74 Å². The topological polar surface area (TPSA) is 63.7 Å². The molecule has 0 N–H and O–H groups in total. The normalized spacial score (nSPS) is 17.8. The zero-order chi connectivity index (χ0) is 17.2. The summed E-state index contributed by atoms with van der Waals surface area (Å²) in [6.07, 6.45) is 3.34. The third-order valence-corrected chi connectivity index (χ3v) is 5.77. The molecule has 0 bridgehead atoms. The van der Waals surface area contributed by atoms with Crippen molar-refractivity contribution in [2.75, 3.05) is 13.7 Å². The molecule has 2 aromatic rings. The number of hydrogen-bond donors (Lipinski definition) is 0. The van der Waals surface area contributed by atoms with Crippen LogP contribution in [-0.4, -0.2) is 38.2 Å². The van der Waals surface area contributed by atoms with E-state index in [1.165, 1.54) is 23.5 Å². The van der Waals surface area contributed by atoms with E-state index in [1.54, 1.807) is 48.6 Å². The van der Waals surface area contributed by atoms with Crippen LogP contribution >= 0.6 is 0 Å². The van der Waals surface area contributed by atoms with Crippen molar-refractivity contribution in [2.45, 2.75) is 10.9 Å². The van der Waals surface area contributed by atoms with Gasteiger partial charge in [0, 0.05) is 12.1 Å². The van der Waals surface area contributed by atoms with Crippen LogP contribution in [-0.2, 0) is 10.0 Å². The number of nitrogens with zero attached hydrogens (tertiary/aromatic N) is 1. The van der Waals surface area contributed by atoms with Crippen LogP contribution in [0.4, 0.5) is 0 Å². The van der Waals surface area contributed by atoms with Gasteiger partial charge in [-0.05, 0) is 24.3 Å². The average Bonchev–Trinajstić information content (AvgIpc) is 3.12. The minimum atomic E-state index is -3.77. The summed E-state index contributed by atoms with van der Waals surface area (Å²) in [5, 5.41) is 0. The Hall–Kier alpha value is -2.44. The van der Waals surface area contributed by atoms with Gasteiger partial charge >= 0.3 is 0 Å². The summed E-state index contributed by atoms with van der Waals surface area (Å²) in [6, 6.07) is 14.0. The van der Waals surface area contributed by atoms with Gasteiger partial charge in [-0.25, -0.2) is 8.42 Å². The van der Waals surface area contributed by atoms with Crippen LogP contribution in [0.1, 0.15) is 10.4 Å². The second-order valence-corrected chi connectivity index (χ2v) is 7.24. The minimum Gasteiger partial charge on any atom is -0.497 e. The number of ether oxygens (including phenoxy) is 1. The molecule has 0 aliphatic carbocycles. The van der Waals surface area contributed by atoms with Gasteiger partial charge in [0.2, 0.25) is 10.0 Å². The molecule has 0 saturated carbocycles. The van der Waals surface area contributed by atoms with Crippen molar-refractivity contribution in [2.24, 2.45) is 0 Å². The van der Waals surface area contributed by atoms with E-state index in [9.17, 15) is 13.2 Å². The third kappa shape index (κ3) is 2.98. The molecule has 1 atom stereocenters. The number of rotatable bonds is 5. The Morgan fingerprint density at radius 3 is 2.38 bits per heavy atom. The monoisotopic (exact) mass is 343 g/mol. The summed E-state index contributed by atoms with van der Waals surface area (Å²) in [5.74, 6) is 0.340. The van der Waals surface area contributed by atoms with Gasteiger partial charge in [0.15, 0.2) is 5.78 Å². The lowest BCUT2D eigenvalue weighted by molar-refractivity contribution is 0.0937. The summed E-state index contributed by atoms with van der Waals surface area (Å²) >= 11 is 0. The summed E-state index contributed by atoms with van der Waals surface area (Å²) in [4.78, 5) is 12.8. The molecule has 0 aromatic heterocycles. The predicted molar refractivity (Wildman–Crippen MR) is 90.6 cm³/mol. The molecule has 0 amide bonds. The van der Waals surface area contributed by atoms with Crippen LogP contribution in [0.2, 0.25) is 0 Å². The van der Waals surface area contributed by atoms with Gasteiger partial charge in [0.05, 0.1) is 12.0 Å². The highest BCUT2D eigenvalue weighted by Crippen LogP contribution is 2.25. The fraction of sp³-hybridized carbons (Fsp3) is 0.167. The van der Waals surface area contributed by atoms with Crippen LogP contribution in [0.5, 0.6) is 5.75 Å². The lowest BCUT2D eigenvalue weighted by Gasteiger charge is -2.23. The van der Waals surface area contributed by atoms with Crippen molar-refractivity contribution in [1.29, 1.82) is 0 Å². The molecule has 0 spiro atoms. The first-order chi connectivity index (χ1) is 11.5. The van der Waals surface area contributed by atoms with E-state index in [-0.39, 0.29) is 17.2 Å². The first-order valence-electron chi connectivity index (χ1n) is 7.46. The molecule has 1 heterocycles. The van der Waals surface area contributed by atoms with Gasteiger partial charge in [-0.1, -0.05) is 42.5 Å². The van der Waals surface area contributed by atoms with Gasteiger partial charge in [0.1, 0.15) is 11.8 Å². The lowest BCUT2D eigenvalue weighted by Crippen LogP contribution is -2.40. The summed E-state index contributed by atoms with van der Waals surface area (Å²) in [7, 11) is -2.26. The number of ketones is 1. The third-order valence-electron chi connectivity index (χ3n) is 3.91. The van der Waals surface area contributed by atoms with E-state index >= 15 is 0 Å². The molecule has 2 aromatic carbocycles. The van der Waals surface area contributed by atoms with Gasteiger partial charge in [-0.15, -0.1) is 0 Å². The molecular formula is C18H17NO4S. The van der Waals surface area contributed by atoms with E-state index in [1.807, 2.05) is 6.07 Å². The smallest absolute Gasteiger partial charge is 0.244 e. The Morgan fingerprint density at radius 1 is 1.08 bits per heavy atom. The van der Waals surface area contributed by atoms with Crippen LogP contribution in [0.25, 0.3) is 0 Å². The summed E-state index contributed by atoms with van der Waals surface area (Å²) in [5.41, 5.74) is 0.490. The largest absolute Gasteiger partial charge is 0.497 e. The molecule has 6 heteroatoms. The number of methoxy groups -OCH3 is 1. The Kier molecular flexibility index (Phi) is 4.51. The fourth-order valence-corrected chi connectivity index (χ4v) is 4.12. The van der Waals surface area contributed by atoms with Gasteiger partial charge in [-0.2, -0.15) is 4.31 Å². The molecule has 3 rings (SSSR count). The molecule has 24 heavy (non-hydrogen) atoms. The molecule has 0 saturated heterocycles. The van der Waals surface area contributed by atoms with E-state index in [0.717, 1.165) is 0 Å². The van der Waals surface area contributed by atoms with Crippen molar-refractivity contribution in [3.63, 3.8) is 0 Å². The maximum atomic E-state index is 12.9. The second-order valence-electron chi connectivity index (χ2n) is 5.35. The van der Waals surface area contributed by atoms with Gasteiger partial charge < -0.3 is 4.74 Å². The van der Waals surface area contributed by atoms with E-state index in [0.29, 0.717) is 11.3 Å². The highest BCUT2D eigenvalue weighted by Gasteiger charge is 2.36. The molecule has 1 aliphatic rings. The number of benzene rings is 2. The second kappa shape index (κ2) is 6.59. The summed E-state index contributed by atoms with van der Waals surface area (Å²) in [6.45, 7) is 0.178. The molecule has 124 valence electrons. The molecule has 0 fully saturated rings. The zero-order valence-electron chi connectivity index (χ0n) is 13.1. The number of carbonyl (C=O) groups excluding carboxylic acids is 1. The Labute approximate surface area is 141 Å². The fourth-order valence-electron chi connectivity index (χ4n) is 2.63. The number of sulfonamides is 1. The molecule has 1 unspecified atom stereocenters. The van der Waals surface area contributed by atoms with Crippen molar-refractivity contribution in [3.8, 4) is 5.75 Å². The van der Waals surface area contributed by atoms with Gasteiger partial charge in [-0.3, -0.25) is 4.79 Å². The predicted octanol–water partition coefficient (Wildman–Crippen LogP) is 2.51. The van der Waals surface area contributed by atoms with Crippen molar-refractivity contribution in [3.05, 3.63) is 72.3 Å². The Balaban J connectivity index is 1.91. The Morgan fingerprint density at radius 2 is 1.75 bits per heavy atom. The minimum absolute atomic E-state index is 0.137. The van der Waals surface area contributed by atoms with Gasteiger partial charge in [0.25, 0.3) is 0 Å². The maximum Gasteiger partial charge on any atom is 0.244 e. The summed E-state index contributed by atoms with van der Waals surface area (Å²) < 4.78 is 32.0. The van der Waals surface area contributed by atoms with Crippen LogP contribution in [0, 0.1) is 0 Å². The van der Waals surface area contributed by atoms with Crippen LogP contribution in [0.15, 0.2) is 71.6 Å². The SMILES string of the molecule is COc1ccc(S(=O)(=O)N2CC=CC2C(=O)c2ccccc2)cc1. The maximum absolute atomic E-state index is 12.9. The standard InChI is InChI=1S/C18H17NO4S/c1-23-15-9-11-16(12-10-15)24(21,22)19-13-5-8-17(19)18(20)14-6-3-2-4-7-14/h2-12,17H,13H2,1H3. The quantitative estimate of drug-likeness (QED) is 0.618. The van der Waals surface area contributed by atoms with E-state index in [2.05, 4.69) is 0 Å². The number of hydrogen-bond acceptors (Lipinski definition) is 4. The Bertz CT molecular complexity index is 858. The molecule has 5 nitrogen and oxygen atoms in total. The van der Waals surface area contributed by atoms with Crippen molar-refractivity contribution in [1.82, 2.24) is 4.31 Å². The van der Waals surface area contributed by atoms with E-state index in [4.69, 9.17) is 4.74 Å². The first-order valence-corrected chi connectivity index (χ1v) is 8.90. The van der Waals surface area contributed by atoms with Crippen molar-refractivity contribution >= 4 is 15.8 Å². The number of Topliss-reactive ketones (excluding diaryl/α,β-unsaturated/α-hetero) is 1. The number of carbonyl (C=O) groups is 1. The van der Waals surface area contributed by atoms with Crippen LogP contribution in [0.3, 0.4) is 0 Å². The molecular weight excluding hydrogens is 326 g/mol. The lowest BCUT2D eigenvalue weighted by atomic mass is 10.1. The molecule has 0 radical (unpaired) electrons. The average molecular weight is 343 g/mol.